The summed E-state index contributed by atoms with van der Waals surface area (Å²) in [7, 11) is 0. The third-order valence-electron chi connectivity index (χ3n) is 3.70. The summed E-state index contributed by atoms with van der Waals surface area (Å²) in [4.78, 5) is 16.9. The Balaban J connectivity index is 1.98. The molecule has 3 N–H and O–H groups in total. The van der Waals surface area contributed by atoms with Gasteiger partial charge in [-0.25, -0.2) is 4.98 Å². The molecule has 1 aliphatic rings. The van der Waals surface area contributed by atoms with Crippen LogP contribution in [0.1, 0.15) is 20.3 Å². The van der Waals surface area contributed by atoms with E-state index < -0.39 is 4.92 Å². The van der Waals surface area contributed by atoms with Gasteiger partial charge in [-0.15, -0.1) is 0 Å². The Bertz CT molecular complexity index is 492. The molecule has 2 rings (SSSR count). The number of likely N-dealkylation sites (tertiary alicyclic amines) is 1. The molecule has 1 atom stereocenters. The second kappa shape index (κ2) is 6.04. The van der Waals surface area contributed by atoms with Gasteiger partial charge < -0.3 is 16.0 Å². The van der Waals surface area contributed by atoms with Crippen molar-refractivity contribution in [2.24, 2.45) is 5.92 Å². The van der Waals surface area contributed by atoms with Crippen molar-refractivity contribution < 1.29 is 4.92 Å². The lowest BCUT2D eigenvalue weighted by Gasteiger charge is -2.20. The number of aromatic nitrogens is 1. The highest BCUT2D eigenvalue weighted by Gasteiger charge is 2.25. The van der Waals surface area contributed by atoms with E-state index in [1.54, 1.807) is 0 Å². The number of nitrogens with two attached hydrogens (primary N) is 1. The SMILES string of the molecule is CC(C)N1CCC(CNc2nc(N)ccc2[N+](=O)[O-])C1. The molecule has 0 saturated carbocycles. The molecule has 7 nitrogen and oxygen atoms in total. The quantitative estimate of drug-likeness (QED) is 0.629. The van der Waals surface area contributed by atoms with Crippen molar-refractivity contribution in [3.05, 3.63) is 22.2 Å². The monoisotopic (exact) mass is 279 g/mol. The predicted octanol–water partition coefficient (Wildman–Crippen LogP) is 1.71. The van der Waals surface area contributed by atoms with Crippen molar-refractivity contribution >= 4 is 17.3 Å². The standard InChI is InChI=1S/C13H21N5O2/c1-9(2)17-6-5-10(8-17)7-15-13-11(18(19)20)3-4-12(14)16-13/h3-4,9-10H,5-8H2,1-2H3,(H3,14,15,16). The average molecular weight is 279 g/mol. The van der Waals surface area contributed by atoms with Crippen LogP contribution in [0, 0.1) is 16.0 Å². The number of rotatable bonds is 5. The Morgan fingerprint density at radius 2 is 2.35 bits per heavy atom. The van der Waals surface area contributed by atoms with E-state index in [-0.39, 0.29) is 17.3 Å². The largest absolute Gasteiger partial charge is 0.384 e. The van der Waals surface area contributed by atoms with Gasteiger partial charge in [0.2, 0.25) is 5.82 Å². The summed E-state index contributed by atoms with van der Waals surface area (Å²) in [6, 6.07) is 3.37. The minimum Gasteiger partial charge on any atom is -0.384 e. The molecule has 0 amide bonds. The predicted molar refractivity (Wildman–Crippen MR) is 78.6 cm³/mol. The molecule has 0 aliphatic carbocycles. The van der Waals surface area contributed by atoms with Crippen LogP contribution < -0.4 is 11.1 Å². The number of hydrogen-bond donors (Lipinski definition) is 2. The molecule has 7 heteroatoms. The van der Waals surface area contributed by atoms with E-state index in [0.717, 1.165) is 19.5 Å². The minimum atomic E-state index is -0.441. The highest BCUT2D eigenvalue weighted by atomic mass is 16.6. The van der Waals surface area contributed by atoms with Gasteiger partial charge in [-0.05, 0) is 38.8 Å². The summed E-state index contributed by atoms with van der Waals surface area (Å²) in [5, 5.41) is 14.0. The van der Waals surface area contributed by atoms with E-state index in [0.29, 0.717) is 18.5 Å². The first-order valence-electron chi connectivity index (χ1n) is 6.86. The number of nitrogens with one attached hydrogen (secondary N) is 1. The molecule has 0 aromatic carbocycles. The maximum absolute atomic E-state index is 10.9. The molecule has 1 fully saturated rings. The van der Waals surface area contributed by atoms with Crippen molar-refractivity contribution in [1.29, 1.82) is 0 Å². The Morgan fingerprint density at radius 1 is 1.60 bits per heavy atom. The Labute approximate surface area is 118 Å². The number of nitrogen functional groups attached to an aromatic ring is 1. The van der Waals surface area contributed by atoms with Gasteiger partial charge in [0.05, 0.1) is 4.92 Å². The molecule has 20 heavy (non-hydrogen) atoms. The highest BCUT2D eigenvalue weighted by molar-refractivity contribution is 5.59. The molecule has 2 heterocycles. The van der Waals surface area contributed by atoms with Crippen LogP contribution in [0.2, 0.25) is 0 Å². The van der Waals surface area contributed by atoms with E-state index in [2.05, 4.69) is 29.0 Å². The normalized spacial score (nSPS) is 19.4. The Morgan fingerprint density at radius 3 is 2.95 bits per heavy atom. The van der Waals surface area contributed by atoms with Gasteiger partial charge in [0.25, 0.3) is 0 Å². The summed E-state index contributed by atoms with van der Waals surface area (Å²) in [6.45, 7) is 7.14. The molecule has 1 aromatic heterocycles. The smallest absolute Gasteiger partial charge is 0.311 e. The lowest BCUT2D eigenvalue weighted by atomic mass is 10.1. The maximum Gasteiger partial charge on any atom is 0.311 e. The number of pyridine rings is 1. The molecule has 1 aliphatic heterocycles. The molecule has 0 spiro atoms. The van der Waals surface area contributed by atoms with E-state index in [4.69, 9.17) is 5.73 Å². The minimum absolute atomic E-state index is 0.0297. The van der Waals surface area contributed by atoms with E-state index in [1.165, 1.54) is 12.1 Å². The third-order valence-corrected chi connectivity index (χ3v) is 3.70. The molecule has 1 saturated heterocycles. The first-order chi connectivity index (χ1) is 9.47. The highest BCUT2D eigenvalue weighted by Crippen LogP contribution is 2.24. The number of nitro groups is 1. The van der Waals surface area contributed by atoms with Gasteiger partial charge in [-0.1, -0.05) is 0 Å². The summed E-state index contributed by atoms with van der Waals surface area (Å²) in [5.41, 5.74) is 5.56. The van der Waals surface area contributed by atoms with E-state index in [9.17, 15) is 10.1 Å². The van der Waals surface area contributed by atoms with Crippen LogP contribution in [0.25, 0.3) is 0 Å². The van der Waals surface area contributed by atoms with Gasteiger partial charge in [-0.2, -0.15) is 0 Å². The van der Waals surface area contributed by atoms with Crippen LogP contribution >= 0.6 is 0 Å². The van der Waals surface area contributed by atoms with Crippen LogP contribution in [0.15, 0.2) is 12.1 Å². The Hall–Kier alpha value is -1.89. The average Bonchev–Trinajstić information content (AvgIpc) is 2.85. The van der Waals surface area contributed by atoms with E-state index in [1.807, 2.05) is 0 Å². The number of anilines is 2. The second-order valence-electron chi connectivity index (χ2n) is 5.49. The zero-order valence-electron chi connectivity index (χ0n) is 11.9. The number of hydrogen-bond acceptors (Lipinski definition) is 6. The molecule has 0 radical (unpaired) electrons. The van der Waals surface area contributed by atoms with Crippen molar-refractivity contribution in [3.8, 4) is 0 Å². The van der Waals surface area contributed by atoms with Gasteiger partial charge in [0.1, 0.15) is 5.82 Å². The zero-order chi connectivity index (χ0) is 14.7. The third kappa shape index (κ3) is 3.36. The van der Waals surface area contributed by atoms with Gasteiger partial charge >= 0.3 is 5.69 Å². The summed E-state index contributed by atoms with van der Waals surface area (Å²) in [5.74, 6) is 1.03. The molecular formula is C13H21N5O2. The van der Waals surface area contributed by atoms with Crippen molar-refractivity contribution in [2.75, 3.05) is 30.7 Å². The lowest BCUT2D eigenvalue weighted by molar-refractivity contribution is -0.384. The second-order valence-corrected chi connectivity index (χ2v) is 5.49. The maximum atomic E-state index is 10.9. The summed E-state index contributed by atoms with van der Waals surface area (Å²) < 4.78 is 0. The van der Waals surface area contributed by atoms with Gasteiger partial charge in [0.15, 0.2) is 0 Å². The fraction of sp³-hybridized carbons (Fsp3) is 0.615. The molecule has 1 unspecified atom stereocenters. The van der Waals surface area contributed by atoms with Gasteiger partial charge in [0, 0.05) is 25.2 Å². The van der Waals surface area contributed by atoms with Crippen molar-refractivity contribution in [1.82, 2.24) is 9.88 Å². The van der Waals surface area contributed by atoms with Crippen LogP contribution in [0.3, 0.4) is 0 Å². The van der Waals surface area contributed by atoms with Crippen molar-refractivity contribution in [2.45, 2.75) is 26.3 Å². The van der Waals surface area contributed by atoms with Crippen molar-refractivity contribution in [3.63, 3.8) is 0 Å². The zero-order valence-corrected chi connectivity index (χ0v) is 11.9. The van der Waals surface area contributed by atoms with Crippen LogP contribution in [-0.2, 0) is 0 Å². The van der Waals surface area contributed by atoms with Crippen LogP contribution in [-0.4, -0.2) is 40.5 Å². The summed E-state index contributed by atoms with van der Waals surface area (Å²) >= 11 is 0. The molecular weight excluding hydrogens is 258 g/mol. The topological polar surface area (TPSA) is 97.3 Å². The first kappa shape index (κ1) is 14.5. The first-order valence-corrected chi connectivity index (χ1v) is 6.86. The molecule has 0 bridgehead atoms. The molecule has 1 aromatic rings. The molecule has 110 valence electrons. The fourth-order valence-corrected chi connectivity index (χ4v) is 2.48. The lowest BCUT2D eigenvalue weighted by Crippen LogP contribution is -2.29. The van der Waals surface area contributed by atoms with Crippen LogP contribution in [0.5, 0.6) is 0 Å². The summed E-state index contributed by atoms with van der Waals surface area (Å²) in [6.07, 6.45) is 1.10. The van der Waals surface area contributed by atoms with E-state index >= 15 is 0 Å². The van der Waals surface area contributed by atoms with Crippen LogP contribution in [0.4, 0.5) is 17.3 Å². The fourth-order valence-electron chi connectivity index (χ4n) is 2.48. The van der Waals surface area contributed by atoms with Gasteiger partial charge in [-0.3, -0.25) is 10.1 Å². The number of nitrogens with zero attached hydrogens (tertiary/aromatic N) is 3. The Kier molecular flexibility index (Phi) is 4.39.